The second kappa shape index (κ2) is 11.5. The van der Waals surface area contributed by atoms with E-state index in [0.29, 0.717) is 6.54 Å². The molecule has 0 aliphatic heterocycles. The van der Waals surface area contributed by atoms with Gasteiger partial charge < -0.3 is 10.6 Å². The number of aliphatic imine (C=N–C) groups is 1. The van der Waals surface area contributed by atoms with Crippen molar-refractivity contribution in [3.05, 3.63) is 96.6 Å². The predicted molar refractivity (Wildman–Crippen MR) is 139 cm³/mol. The highest BCUT2D eigenvalue weighted by Crippen LogP contribution is 2.17. The van der Waals surface area contributed by atoms with E-state index in [9.17, 15) is 0 Å². The maximum atomic E-state index is 4.79. The molecule has 0 aliphatic rings. The van der Waals surface area contributed by atoms with E-state index < -0.39 is 0 Å². The lowest BCUT2D eigenvalue weighted by Gasteiger charge is -2.19. The highest BCUT2D eigenvalue weighted by Gasteiger charge is 2.09. The lowest BCUT2D eigenvalue weighted by atomic mass is 10.1. The Morgan fingerprint density at radius 1 is 0.938 bits per heavy atom. The Labute approximate surface area is 205 Å². The summed E-state index contributed by atoms with van der Waals surface area (Å²) in [5.74, 6) is 0.781. The van der Waals surface area contributed by atoms with E-state index in [1.165, 1.54) is 5.56 Å². The molecule has 0 radical (unpaired) electrons. The summed E-state index contributed by atoms with van der Waals surface area (Å²) in [6.07, 6.45) is 7.44. The number of guanidine groups is 1. The van der Waals surface area contributed by atoms with Crippen LogP contribution in [0.1, 0.15) is 31.0 Å². The van der Waals surface area contributed by atoms with Crippen LogP contribution in [-0.2, 0) is 6.54 Å². The topological polar surface area (TPSA) is 72.1 Å². The summed E-state index contributed by atoms with van der Waals surface area (Å²) in [7, 11) is 0. The third-order valence-electron chi connectivity index (χ3n) is 4.94. The fourth-order valence-corrected chi connectivity index (χ4v) is 3.36. The van der Waals surface area contributed by atoms with Gasteiger partial charge >= 0.3 is 0 Å². The van der Waals surface area contributed by atoms with Crippen LogP contribution in [0, 0.1) is 0 Å². The third kappa shape index (κ3) is 5.97. The molecule has 32 heavy (non-hydrogen) atoms. The van der Waals surface area contributed by atoms with Gasteiger partial charge in [0.2, 0.25) is 0 Å². The van der Waals surface area contributed by atoms with Crippen molar-refractivity contribution in [1.82, 2.24) is 30.2 Å². The molecule has 166 valence electrons. The number of aromatic nitrogens is 4. The van der Waals surface area contributed by atoms with Crippen LogP contribution >= 0.6 is 24.0 Å². The first-order valence-corrected chi connectivity index (χ1v) is 10.5. The van der Waals surface area contributed by atoms with Gasteiger partial charge in [-0.1, -0.05) is 24.3 Å². The average Bonchev–Trinajstić information content (AvgIpc) is 3.52. The van der Waals surface area contributed by atoms with E-state index in [0.717, 1.165) is 29.4 Å². The Hall–Kier alpha value is -3.14. The highest BCUT2D eigenvalue weighted by molar-refractivity contribution is 14.0. The molecule has 0 amide bonds. The minimum atomic E-state index is 0. The van der Waals surface area contributed by atoms with Gasteiger partial charge in [0.1, 0.15) is 0 Å². The average molecular weight is 541 g/mol. The number of nitrogens with one attached hydrogen (secondary N) is 2. The normalized spacial score (nSPS) is 12.1. The van der Waals surface area contributed by atoms with Crippen molar-refractivity contribution in [1.29, 1.82) is 0 Å². The molecule has 0 spiro atoms. The zero-order valence-corrected chi connectivity index (χ0v) is 20.5. The van der Waals surface area contributed by atoms with E-state index >= 15 is 0 Å². The largest absolute Gasteiger partial charge is 0.357 e. The van der Waals surface area contributed by atoms with Crippen molar-refractivity contribution in [2.75, 3.05) is 6.54 Å². The van der Waals surface area contributed by atoms with E-state index in [-0.39, 0.29) is 30.0 Å². The van der Waals surface area contributed by atoms with E-state index in [4.69, 9.17) is 4.99 Å². The Balaban J connectivity index is 0.00000289. The number of benzene rings is 2. The fourth-order valence-electron chi connectivity index (χ4n) is 3.36. The molecule has 2 heterocycles. The summed E-state index contributed by atoms with van der Waals surface area (Å²) in [5.41, 5.74) is 4.35. The first-order chi connectivity index (χ1) is 15.2. The minimum absolute atomic E-state index is 0. The third-order valence-corrected chi connectivity index (χ3v) is 4.94. The Kier molecular flexibility index (Phi) is 8.43. The molecule has 2 aromatic heterocycles. The molecule has 0 aliphatic carbocycles. The summed E-state index contributed by atoms with van der Waals surface area (Å²) < 4.78 is 3.72. The Morgan fingerprint density at radius 3 is 2.22 bits per heavy atom. The van der Waals surface area contributed by atoms with Gasteiger partial charge in [0.25, 0.3) is 0 Å². The van der Waals surface area contributed by atoms with Gasteiger partial charge in [-0.3, -0.25) is 0 Å². The number of hydrogen-bond acceptors (Lipinski definition) is 3. The summed E-state index contributed by atoms with van der Waals surface area (Å²) in [4.78, 5) is 4.79. The van der Waals surface area contributed by atoms with Crippen LogP contribution in [0.4, 0.5) is 0 Å². The maximum absolute atomic E-state index is 4.79. The molecule has 0 saturated carbocycles. The Morgan fingerprint density at radius 2 is 1.59 bits per heavy atom. The minimum Gasteiger partial charge on any atom is -0.357 e. The van der Waals surface area contributed by atoms with Gasteiger partial charge in [0.05, 0.1) is 24.0 Å². The van der Waals surface area contributed by atoms with Crippen LogP contribution in [0.5, 0.6) is 0 Å². The zero-order valence-electron chi connectivity index (χ0n) is 18.2. The number of nitrogens with zero attached hydrogens (tertiary/aromatic N) is 5. The summed E-state index contributed by atoms with van der Waals surface area (Å²) >= 11 is 0. The molecule has 7 nitrogen and oxygen atoms in total. The lowest BCUT2D eigenvalue weighted by Crippen LogP contribution is -2.38. The molecule has 1 unspecified atom stereocenters. The van der Waals surface area contributed by atoms with Crippen LogP contribution in [0.3, 0.4) is 0 Å². The smallest absolute Gasteiger partial charge is 0.192 e. The summed E-state index contributed by atoms with van der Waals surface area (Å²) in [6, 6.07) is 20.5. The van der Waals surface area contributed by atoms with Gasteiger partial charge in [-0.05, 0) is 61.4 Å². The van der Waals surface area contributed by atoms with Gasteiger partial charge in [-0.15, -0.1) is 24.0 Å². The van der Waals surface area contributed by atoms with Crippen molar-refractivity contribution in [2.24, 2.45) is 4.99 Å². The molecule has 0 saturated heterocycles. The van der Waals surface area contributed by atoms with Crippen LogP contribution < -0.4 is 10.6 Å². The lowest BCUT2D eigenvalue weighted by molar-refractivity contribution is 0.685. The Bertz CT molecular complexity index is 1120. The zero-order chi connectivity index (χ0) is 21.5. The molecule has 4 aromatic rings. The molecular weight excluding hydrogens is 513 g/mol. The van der Waals surface area contributed by atoms with E-state index in [2.05, 4.69) is 71.1 Å². The maximum Gasteiger partial charge on any atom is 0.192 e. The van der Waals surface area contributed by atoms with Crippen molar-refractivity contribution >= 4 is 29.9 Å². The predicted octanol–water partition coefficient (Wildman–Crippen LogP) is 4.49. The van der Waals surface area contributed by atoms with Gasteiger partial charge in [0.15, 0.2) is 5.96 Å². The summed E-state index contributed by atoms with van der Waals surface area (Å²) in [6.45, 7) is 5.57. The van der Waals surface area contributed by atoms with Crippen LogP contribution in [0.15, 0.2) is 90.4 Å². The van der Waals surface area contributed by atoms with E-state index in [1.54, 1.807) is 12.4 Å². The van der Waals surface area contributed by atoms with Crippen molar-refractivity contribution in [3.8, 4) is 11.4 Å². The second-order valence-corrected chi connectivity index (χ2v) is 7.23. The van der Waals surface area contributed by atoms with Crippen LogP contribution in [0.2, 0.25) is 0 Å². The number of hydrogen-bond donors (Lipinski definition) is 2. The monoisotopic (exact) mass is 541 g/mol. The summed E-state index contributed by atoms with van der Waals surface area (Å²) in [5, 5.41) is 15.5. The molecule has 4 rings (SSSR count). The first kappa shape index (κ1) is 23.5. The highest BCUT2D eigenvalue weighted by atomic mass is 127. The van der Waals surface area contributed by atoms with Crippen molar-refractivity contribution in [3.63, 3.8) is 0 Å². The van der Waals surface area contributed by atoms with Crippen molar-refractivity contribution in [2.45, 2.75) is 26.4 Å². The molecule has 2 N–H and O–H groups in total. The molecular formula is C24H28IN7. The fraction of sp³-hybridized carbons (Fsp3) is 0.208. The van der Waals surface area contributed by atoms with Crippen molar-refractivity contribution < 1.29 is 0 Å². The molecule has 0 fully saturated rings. The standard InChI is InChI=1S/C24H27N7.HI/c1-3-25-24(26-18-20-8-4-10-22(16-20)30-14-6-12-27-30)29-19(2)21-9-5-11-23(17-21)31-15-7-13-28-31;/h4-17,19H,3,18H2,1-2H3,(H2,25,26,29);1H. The van der Waals surface area contributed by atoms with Crippen LogP contribution in [-0.4, -0.2) is 32.1 Å². The number of rotatable bonds is 7. The van der Waals surface area contributed by atoms with E-state index in [1.807, 2.05) is 46.0 Å². The molecule has 1 atom stereocenters. The molecule has 0 bridgehead atoms. The second-order valence-electron chi connectivity index (χ2n) is 7.23. The van der Waals surface area contributed by atoms with Gasteiger partial charge in [-0.25, -0.2) is 14.4 Å². The van der Waals surface area contributed by atoms with Gasteiger partial charge in [0, 0.05) is 31.3 Å². The molecule has 2 aromatic carbocycles. The SMILES string of the molecule is CCNC(=NCc1cccc(-n2cccn2)c1)NC(C)c1cccc(-n2cccn2)c1.I. The quantitative estimate of drug-likeness (QED) is 0.206. The molecule has 8 heteroatoms. The number of halogens is 1. The first-order valence-electron chi connectivity index (χ1n) is 10.5. The van der Waals surface area contributed by atoms with Gasteiger partial charge in [-0.2, -0.15) is 10.2 Å². The van der Waals surface area contributed by atoms with Crippen LogP contribution in [0.25, 0.3) is 11.4 Å².